The smallest absolute Gasteiger partial charge is 0.178 e. The van der Waals surface area contributed by atoms with Gasteiger partial charge in [-0.25, -0.2) is 9.37 Å². The fraction of sp³-hybridized carbons (Fsp3) is 0.125. The van der Waals surface area contributed by atoms with E-state index in [0.717, 1.165) is 3.57 Å². The summed E-state index contributed by atoms with van der Waals surface area (Å²) in [7, 11) is 1.42. The lowest BCUT2D eigenvalue weighted by Gasteiger charge is -2.00. The van der Waals surface area contributed by atoms with Crippen LogP contribution in [0.1, 0.15) is 0 Å². The molecule has 0 aliphatic rings. The van der Waals surface area contributed by atoms with Crippen molar-refractivity contribution < 1.29 is 9.13 Å². The van der Waals surface area contributed by atoms with Crippen LogP contribution in [-0.4, -0.2) is 17.1 Å². The molecular weight excluding hydrogens is 286 g/mol. The van der Waals surface area contributed by atoms with E-state index < -0.39 is 0 Å². The van der Waals surface area contributed by atoms with Crippen LogP contribution in [0, 0.1) is 9.39 Å². The molecule has 0 amide bonds. The molecule has 1 N–H and O–H groups in total. The summed E-state index contributed by atoms with van der Waals surface area (Å²) < 4.78 is 19.2. The van der Waals surface area contributed by atoms with Gasteiger partial charge in [-0.3, -0.25) is 0 Å². The molecule has 0 aliphatic carbocycles. The molecule has 0 fully saturated rings. The van der Waals surface area contributed by atoms with Crippen molar-refractivity contribution in [2.45, 2.75) is 0 Å². The zero-order valence-electron chi connectivity index (χ0n) is 6.77. The number of ether oxygens (including phenoxy) is 1. The molecule has 0 saturated carbocycles. The predicted molar refractivity (Wildman–Crippen MR) is 55.3 cm³/mol. The summed E-state index contributed by atoms with van der Waals surface area (Å²) in [4.78, 5) is 6.87. The number of hydrogen-bond acceptors (Lipinski definition) is 2. The summed E-state index contributed by atoms with van der Waals surface area (Å²) in [5.74, 6) is -0.192. The standard InChI is InChI=1S/C8H6FIN2O/c1-13-5-3-12-8-6(7(5)9)4(10)2-11-8/h2-3H,1H3,(H,11,12). The van der Waals surface area contributed by atoms with Gasteiger partial charge in [0.1, 0.15) is 5.65 Å². The second-order valence-corrected chi connectivity index (χ2v) is 3.66. The van der Waals surface area contributed by atoms with E-state index in [1.807, 2.05) is 22.6 Å². The van der Waals surface area contributed by atoms with Crippen LogP contribution in [0.15, 0.2) is 12.4 Å². The molecule has 0 aliphatic heterocycles. The highest BCUT2D eigenvalue weighted by atomic mass is 127. The molecule has 2 rings (SSSR count). The number of rotatable bonds is 1. The number of nitrogens with one attached hydrogen (secondary N) is 1. The zero-order valence-corrected chi connectivity index (χ0v) is 8.92. The van der Waals surface area contributed by atoms with Gasteiger partial charge in [0.25, 0.3) is 0 Å². The topological polar surface area (TPSA) is 37.9 Å². The quantitative estimate of drug-likeness (QED) is 0.819. The monoisotopic (exact) mass is 292 g/mol. The van der Waals surface area contributed by atoms with Gasteiger partial charge in [-0.2, -0.15) is 0 Å². The molecule has 0 atom stereocenters. The predicted octanol–water partition coefficient (Wildman–Crippen LogP) is 2.32. The Kier molecular flexibility index (Phi) is 2.10. The number of aromatic nitrogens is 2. The van der Waals surface area contributed by atoms with E-state index in [-0.39, 0.29) is 11.6 Å². The minimum atomic E-state index is -0.363. The summed E-state index contributed by atoms with van der Waals surface area (Å²) in [5, 5.41) is 0.486. The van der Waals surface area contributed by atoms with Gasteiger partial charge in [0.2, 0.25) is 0 Å². The zero-order chi connectivity index (χ0) is 9.42. The molecule has 0 radical (unpaired) electrons. The molecule has 0 aromatic carbocycles. The number of pyridine rings is 1. The minimum Gasteiger partial charge on any atom is -0.492 e. The molecule has 0 saturated heterocycles. The molecule has 0 bridgehead atoms. The van der Waals surface area contributed by atoms with Crippen molar-refractivity contribution in [3.05, 3.63) is 21.8 Å². The number of halogens is 2. The third-order valence-corrected chi connectivity index (χ3v) is 2.63. The van der Waals surface area contributed by atoms with Gasteiger partial charge in [0.15, 0.2) is 11.6 Å². The Bertz CT molecular complexity index is 455. The Hall–Kier alpha value is -0.850. The highest BCUT2D eigenvalue weighted by Crippen LogP contribution is 2.27. The van der Waals surface area contributed by atoms with Crippen molar-refractivity contribution in [1.82, 2.24) is 9.97 Å². The maximum Gasteiger partial charge on any atom is 0.178 e. The second-order valence-electron chi connectivity index (χ2n) is 2.50. The van der Waals surface area contributed by atoms with Crippen LogP contribution in [0.2, 0.25) is 0 Å². The van der Waals surface area contributed by atoms with Crippen LogP contribution >= 0.6 is 22.6 Å². The van der Waals surface area contributed by atoms with Gasteiger partial charge in [-0.1, -0.05) is 0 Å². The van der Waals surface area contributed by atoms with Crippen molar-refractivity contribution in [1.29, 1.82) is 0 Å². The number of H-pyrrole nitrogens is 1. The number of aromatic amines is 1. The van der Waals surface area contributed by atoms with Crippen LogP contribution in [0.5, 0.6) is 5.75 Å². The maximum absolute atomic E-state index is 13.6. The first-order valence-corrected chi connectivity index (χ1v) is 4.67. The van der Waals surface area contributed by atoms with Crippen molar-refractivity contribution >= 4 is 33.6 Å². The molecule has 3 nitrogen and oxygen atoms in total. The van der Waals surface area contributed by atoms with Crippen molar-refractivity contribution in [3.63, 3.8) is 0 Å². The van der Waals surface area contributed by atoms with E-state index in [2.05, 4.69) is 9.97 Å². The van der Waals surface area contributed by atoms with E-state index in [4.69, 9.17) is 4.74 Å². The third-order valence-electron chi connectivity index (χ3n) is 1.78. The molecule has 5 heteroatoms. The van der Waals surface area contributed by atoms with E-state index in [1.165, 1.54) is 13.3 Å². The van der Waals surface area contributed by atoms with Gasteiger partial charge in [0, 0.05) is 9.77 Å². The van der Waals surface area contributed by atoms with E-state index in [1.54, 1.807) is 6.20 Å². The summed E-state index contributed by atoms with van der Waals surface area (Å²) in [6.45, 7) is 0. The molecule has 0 spiro atoms. The summed E-state index contributed by atoms with van der Waals surface area (Å²) >= 11 is 2.05. The lowest BCUT2D eigenvalue weighted by atomic mass is 10.3. The van der Waals surface area contributed by atoms with Gasteiger partial charge in [0.05, 0.1) is 18.7 Å². The Balaban J connectivity index is 2.83. The third kappa shape index (κ3) is 1.27. The number of methoxy groups -OCH3 is 1. The largest absolute Gasteiger partial charge is 0.492 e. The van der Waals surface area contributed by atoms with Crippen molar-refractivity contribution in [2.75, 3.05) is 7.11 Å². The lowest BCUT2D eigenvalue weighted by molar-refractivity contribution is 0.387. The van der Waals surface area contributed by atoms with E-state index in [9.17, 15) is 4.39 Å². The van der Waals surface area contributed by atoms with Gasteiger partial charge in [-0.15, -0.1) is 0 Å². The Labute approximate surface area is 87.4 Å². The first-order valence-electron chi connectivity index (χ1n) is 3.59. The number of nitrogens with zero attached hydrogens (tertiary/aromatic N) is 1. The van der Waals surface area contributed by atoms with Crippen LogP contribution in [0.25, 0.3) is 11.0 Å². The highest BCUT2D eigenvalue weighted by molar-refractivity contribution is 14.1. The van der Waals surface area contributed by atoms with Crippen molar-refractivity contribution in [2.24, 2.45) is 0 Å². The molecule has 0 unspecified atom stereocenters. The first-order chi connectivity index (χ1) is 6.24. The Morgan fingerprint density at radius 1 is 1.62 bits per heavy atom. The molecule has 2 aromatic heterocycles. The fourth-order valence-electron chi connectivity index (χ4n) is 1.15. The van der Waals surface area contributed by atoms with Crippen molar-refractivity contribution in [3.8, 4) is 5.75 Å². The van der Waals surface area contributed by atoms with Gasteiger partial charge >= 0.3 is 0 Å². The lowest BCUT2D eigenvalue weighted by Crippen LogP contribution is -1.90. The Morgan fingerprint density at radius 3 is 3.08 bits per heavy atom. The number of hydrogen-bond donors (Lipinski definition) is 1. The van der Waals surface area contributed by atoms with Gasteiger partial charge < -0.3 is 9.72 Å². The van der Waals surface area contributed by atoms with E-state index >= 15 is 0 Å². The first kappa shape index (κ1) is 8.74. The molecular formula is C8H6FIN2O. The Morgan fingerprint density at radius 2 is 2.38 bits per heavy atom. The summed E-state index contributed by atoms with van der Waals surface area (Å²) in [6, 6.07) is 0. The van der Waals surface area contributed by atoms with Crippen LogP contribution in [-0.2, 0) is 0 Å². The molecule has 13 heavy (non-hydrogen) atoms. The highest BCUT2D eigenvalue weighted by Gasteiger charge is 2.12. The number of fused-ring (bicyclic) bond motifs is 1. The van der Waals surface area contributed by atoms with Gasteiger partial charge in [-0.05, 0) is 22.6 Å². The average Bonchev–Trinajstić information content (AvgIpc) is 2.49. The molecule has 2 heterocycles. The normalized spacial score (nSPS) is 10.7. The maximum atomic E-state index is 13.6. The molecule has 68 valence electrons. The van der Waals surface area contributed by atoms with E-state index in [0.29, 0.717) is 11.0 Å². The van der Waals surface area contributed by atoms with Crippen LogP contribution in [0.3, 0.4) is 0 Å². The molecule has 2 aromatic rings. The SMILES string of the molecule is COc1cnc2[nH]cc(I)c2c1F. The van der Waals surface area contributed by atoms with Crippen LogP contribution < -0.4 is 4.74 Å². The summed E-state index contributed by atoms with van der Waals surface area (Å²) in [5.41, 5.74) is 0.544. The minimum absolute atomic E-state index is 0.171. The average molecular weight is 292 g/mol. The summed E-state index contributed by atoms with van der Waals surface area (Å²) in [6.07, 6.45) is 3.07. The second kappa shape index (κ2) is 3.13. The van der Waals surface area contributed by atoms with Crippen LogP contribution in [0.4, 0.5) is 4.39 Å². The fourth-order valence-corrected chi connectivity index (χ4v) is 1.79.